The van der Waals surface area contributed by atoms with E-state index in [0.717, 1.165) is 19.3 Å². The summed E-state index contributed by atoms with van der Waals surface area (Å²) in [5, 5.41) is 11.3. The minimum absolute atomic E-state index is 0.0848. The molecule has 0 bridgehead atoms. The van der Waals surface area contributed by atoms with Gasteiger partial charge in [0.1, 0.15) is 11.7 Å². The maximum Gasteiger partial charge on any atom is 0.345 e. The Morgan fingerprint density at radius 2 is 1.90 bits per heavy atom. The molecule has 1 fully saturated rings. The van der Waals surface area contributed by atoms with Crippen LogP contribution in [-0.4, -0.2) is 17.0 Å². The van der Waals surface area contributed by atoms with Crippen LogP contribution in [0.4, 0.5) is 5.69 Å². The molecule has 1 aliphatic rings. The van der Waals surface area contributed by atoms with Gasteiger partial charge in [0.15, 0.2) is 0 Å². The van der Waals surface area contributed by atoms with Crippen molar-refractivity contribution in [1.82, 2.24) is 0 Å². The third-order valence-corrected chi connectivity index (χ3v) is 4.02. The van der Waals surface area contributed by atoms with Crippen LogP contribution in [0.2, 0.25) is 5.02 Å². The summed E-state index contributed by atoms with van der Waals surface area (Å²) >= 11 is 5.82. The largest absolute Gasteiger partial charge is 0.459 e. The standard InChI is InChI=1S/C15H18ClNO4/c1-9-5-10(2)7-12(6-9)21-15(18)13-8-11(16)3-4-14(13)17(19)20/h3-4,8-10,12H,5-7H2,1-2H3. The van der Waals surface area contributed by atoms with Gasteiger partial charge < -0.3 is 4.74 Å². The molecule has 2 rings (SSSR count). The molecule has 21 heavy (non-hydrogen) atoms. The highest BCUT2D eigenvalue weighted by Gasteiger charge is 2.29. The Labute approximate surface area is 128 Å². The molecule has 0 radical (unpaired) electrons. The van der Waals surface area contributed by atoms with Crippen LogP contribution in [0, 0.1) is 22.0 Å². The Kier molecular flexibility index (Phi) is 4.83. The Morgan fingerprint density at radius 3 is 2.48 bits per heavy atom. The first-order chi connectivity index (χ1) is 9.86. The summed E-state index contributed by atoms with van der Waals surface area (Å²) in [6.45, 7) is 4.25. The molecule has 0 aliphatic heterocycles. The molecule has 0 aromatic heterocycles. The van der Waals surface area contributed by atoms with Gasteiger partial charge in [-0.3, -0.25) is 10.1 Å². The second-order valence-electron chi connectivity index (χ2n) is 5.86. The fraction of sp³-hybridized carbons (Fsp3) is 0.533. The second kappa shape index (κ2) is 6.43. The number of nitro groups is 1. The van der Waals surface area contributed by atoms with Crippen molar-refractivity contribution in [3.8, 4) is 0 Å². The Hall–Kier alpha value is -1.62. The zero-order chi connectivity index (χ0) is 15.6. The van der Waals surface area contributed by atoms with Gasteiger partial charge in [-0.05, 0) is 43.2 Å². The third-order valence-electron chi connectivity index (χ3n) is 3.78. The van der Waals surface area contributed by atoms with E-state index < -0.39 is 10.9 Å². The maximum atomic E-state index is 12.2. The summed E-state index contributed by atoms with van der Waals surface area (Å²) in [6, 6.07) is 3.91. The predicted molar refractivity (Wildman–Crippen MR) is 79.5 cm³/mol. The summed E-state index contributed by atoms with van der Waals surface area (Å²) in [5.74, 6) is 0.303. The highest BCUT2D eigenvalue weighted by atomic mass is 35.5. The van der Waals surface area contributed by atoms with E-state index in [4.69, 9.17) is 16.3 Å². The molecular formula is C15H18ClNO4. The van der Waals surface area contributed by atoms with Crippen molar-refractivity contribution in [2.24, 2.45) is 11.8 Å². The number of hydrogen-bond donors (Lipinski definition) is 0. The van der Waals surface area contributed by atoms with Crippen LogP contribution < -0.4 is 0 Å². The second-order valence-corrected chi connectivity index (χ2v) is 6.30. The van der Waals surface area contributed by atoms with Gasteiger partial charge in [0.05, 0.1) is 4.92 Å². The number of carbonyl (C=O) groups excluding carboxylic acids is 1. The number of nitrogens with zero attached hydrogens (tertiary/aromatic N) is 1. The van der Waals surface area contributed by atoms with E-state index in [1.807, 2.05) is 0 Å². The third kappa shape index (κ3) is 3.94. The Balaban J connectivity index is 2.16. The average molecular weight is 312 g/mol. The molecule has 1 aromatic rings. The molecule has 2 unspecified atom stereocenters. The summed E-state index contributed by atoms with van der Waals surface area (Å²) in [6.07, 6.45) is 2.52. The van der Waals surface area contributed by atoms with Crippen LogP contribution in [-0.2, 0) is 4.74 Å². The number of rotatable bonds is 3. The lowest BCUT2D eigenvalue weighted by atomic mass is 9.82. The fourth-order valence-electron chi connectivity index (χ4n) is 3.02. The van der Waals surface area contributed by atoms with Crippen LogP contribution in [0.1, 0.15) is 43.5 Å². The van der Waals surface area contributed by atoms with Crippen LogP contribution in [0.15, 0.2) is 18.2 Å². The first-order valence-corrected chi connectivity index (χ1v) is 7.39. The molecule has 6 heteroatoms. The highest BCUT2D eigenvalue weighted by molar-refractivity contribution is 6.31. The average Bonchev–Trinajstić information content (AvgIpc) is 2.36. The molecule has 1 aromatic carbocycles. The number of halogens is 1. The summed E-state index contributed by atoms with van der Waals surface area (Å²) in [4.78, 5) is 22.6. The number of benzene rings is 1. The maximum absolute atomic E-state index is 12.2. The topological polar surface area (TPSA) is 69.4 Å². The van der Waals surface area contributed by atoms with Crippen molar-refractivity contribution in [2.75, 3.05) is 0 Å². The fourth-order valence-corrected chi connectivity index (χ4v) is 3.19. The van der Waals surface area contributed by atoms with Crippen LogP contribution in [0.3, 0.4) is 0 Å². The lowest BCUT2D eigenvalue weighted by molar-refractivity contribution is -0.385. The quantitative estimate of drug-likeness (QED) is 0.476. The van der Waals surface area contributed by atoms with Gasteiger partial charge in [-0.25, -0.2) is 4.79 Å². The van der Waals surface area contributed by atoms with Crippen molar-refractivity contribution < 1.29 is 14.5 Å². The number of esters is 1. The molecule has 0 amide bonds. The van der Waals surface area contributed by atoms with Gasteiger partial charge >= 0.3 is 5.97 Å². The number of hydrogen-bond acceptors (Lipinski definition) is 4. The molecule has 114 valence electrons. The molecular weight excluding hydrogens is 294 g/mol. The lowest BCUT2D eigenvalue weighted by Crippen LogP contribution is -2.28. The van der Waals surface area contributed by atoms with E-state index in [1.54, 1.807) is 0 Å². The van der Waals surface area contributed by atoms with Crippen LogP contribution >= 0.6 is 11.6 Å². The molecule has 2 atom stereocenters. The minimum atomic E-state index is -0.671. The zero-order valence-electron chi connectivity index (χ0n) is 12.0. The lowest BCUT2D eigenvalue weighted by Gasteiger charge is -2.30. The highest BCUT2D eigenvalue weighted by Crippen LogP contribution is 2.32. The number of ether oxygens (including phenoxy) is 1. The van der Waals surface area contributed by atoms with Gasteiger partial charge in [-0.2, -0.15) is 0 Å². The monoisotopic (exact) mass is 311 g/mol. The van der Waals surface area contributed by atoms with Crippen molar-refractivity contribution in [1.29, 1.82) is 0 Å². The van der Waals surface area contributed by atoms with E-state index in [1.165, 1.54) is 18.2 Å². The summed E-state index contributed by atoms with van der Waals surface area (Å²) < 4.78 is 5.46. The van der Waals surface area contributed by atoms with Crippen LogP contribution in [0.5, 0.6) is 0 Å². The first-order valence-electron chi connectivity index (χ1n) is 7.01. The van der Waals surface area contributed by atoms with E-state index in [-0.39, 0.29) is 22.4 Å². The molecule has 1 saturated carbocycles. The minimum Gasteiger partial charge on any atom is -0.459 e. The predicted octanol–water partition coefficient (Wildman–Crippen LogP) is 4.23. The molecule has 0 N–H and O–H groups in total. The Bertz CT molecular complexity index is 551. The van der Waals surface area contributed by atoms with Gasteiger partial charge in [0, 0.05) is 11.1 Å². The SMILES string of the molecule is CC1CC(C)CC(OC(=O)c2cc(Cl)ccc2[N+](=O)[O-])C1. The molecule has 0 spiro atoms. The normalized spacial score (nSPS) is 25.4. The molecule has 0 heterocycles. The molecule has 1 aliphatic carbocycles. The van der Waals surface area contributed by atoms with E-state index in [0.29, 0.717) is 11.8 Å². The van der Waals surface area contributed by atoms with Crippen LogP contribution in [0.25, 0.3) is 0 Å². The molecule has 5 nitrogen and oxygen atoms in total. The first kappa shape index (κ1) is 15.8. The summed E-state index contributed by atoms with van der Waals surface area (Å²) in [5.41, 5.74) is -0.361. The summed E-state index contributed by atoms with van der Waals surface area (Å²) in [7, 11) is 0. The Morgan fingerprint density at radius 1 is 1.29 bits per heavy atom. The van der Waals surface area contributed by atoms with Crippen molar-refractivity contribution in [3.63, 3.8) is 0 Å². The molecule has 0 saturated heterocycles. The van der Waals surface area contributed by atoms with Gasteiger partial charge in [0.25, 0.3) is 5.69 Å². The number of nitro benzene ring substituents is 1. The van der Waals surface area contributed by atoms with Crippen molar-refractivity contribution >= 4 is 23.3 Å². The number of carbonyl (C=O) groups is 1. The van der Waals surface area contributed by atoms with Crippen molar-refractivity contribution in [2.45, 2.75) is 39.2 Å². The van der Waals surface area contributed by atoms with Gasteiger partial charge in [-0.1, -0.05) is 25.4 Å². The van der Waals surface area contributed by atoms with Gasteiger partial charge in [-0.15, -0.1) is 0 Å². The smallest absolute Gasteiger partial charge is 0.345 e. The van der Waals surface area contributed by atoms with E-state index >= 15 is 0 Å². The zero-order valence-corrected chi connectivity index (χ0v) is 12.8. The van der Waals surface area contributed by atoms with E-state index in [9.17, 15) is 14.9 Å². The van der Waals surface area contributed by atoms with E-state index in [2.05, 4.69) is 13.8 Å². The van der Waals surface area contributed by atoms with Crippen molar-refractivity contribution in [3.05, 3.63) is 38.9 Å². The van der Waals surface area contributed by atoms with Gasteiger partial charge in [0.2, 0.25) is 0 Å².